The molecule has 1 atom stereocenters. The van der Waals surface area contributed by atoms with Crippen LogP contribution in [0.25, 0.3) is 0 Å². The fourth-order valence-electron chi connectivity index (χ4n) is 2.08. The minimum atomic E-state index is -0.527. The molecule has 0 aliphatic rings. The summed E-state index contributed by atoms with van der Waals surface area (Å²) in [5.74, 6) is -1.01. The smallest absolute Gasteiger partial charge is 0.134 e. The zero-order valence-corrected chi connectivity index (χ0v) is 12.8. The molecule has 0 aromatic heterocycles. The van der Waals surface area contributed by atoms with Gasteiger partial charge in [-0.05, 0) is 65.9 Å². The van der Waals surface area contributed by atoms with Gasteiger partial charge in [0.05, 0.1) is 6.04 Å². The minimum Gasteiger partial charge on any atom is -0.309 e. The van der Waals surface area contributed by atoms with Crippen LogP contribution in [-0.2, 0) is 0 Å². The summed E-state index contributed by atoms with van der Waals surface area (Å²) >= 11 is 2.20. The van der Waals surface area contributed by atoms with E-state index in [-0.39, 0.29) is 5.56 Å². The largest absolute Gasteiger partial charge is 0.309 e. The summed E-state index contributed by atoms with van der Waals surface area (Å²) in [6, 6.07) is 9.88. The Balaban J connectivity index is 2.54. The van der Waals surface area contributed by atoms with Gasteiger partial charge in [-0.3, -0.25) is 0 Å². The zero-order chi connectivity index (χ0) is 14.0. The van der Waals surface area contributed by atoms with Crippen molar-refractivity contribution < 1.29 is 8.78 Å². The maximum atomic E-state index is 14.2. The highest BCUT2D eigenvalue weighted by Gasteiger charge is 2.21. The first-order valence-corrected chi connectivity index (χ1v) is 6.99. The number of hydrogen-bond donors (Lipinski definition) is 1. The lowest BCUT2D eigenvalue weighted by atomic mass is 9.96. The molecule has 2 aromatic rings. The van der Waals surface area contributed by atoms with Crippen LogP contribution in [0.3, 0.4) is 0 Å². The Hall–Kier alpha value is -1.01. The van der Waals surface area contributed by atoms with E-state index in [1.54, 1.807) is 14.0 Å². The van der Waals surface area contributed by atoms with Crippen LogP contribution in [0.4, 0.5) is 8.78 Å². The molecule has 0 saturated heterocycles. The molecular weight excluding hydrogens is 359 g/mol. The van der Waals surface area contributed by atoms with Crippen molar-refractivity contribution in [1.29, 1.82) is 0 Å². The Labute approximate surface area is 125 Å². The van der Waals surface area contributed by atoms with Gasteiger partial charge in [0.1, 0.15) is 11.6 Å². The normalized spacial score (nSPS) is 12.5. The van der Waals surface area contributed by atoms with Gasteiger partial charge in [-0.25, -0.2) is 8.78 Å². The summed E-state index contributed by atoms with van der Waals surface area (Å²) in [4.78, 5) is 0. The van der Waals surface area contributed by atoms with Crippen molar-refractivity contribution in [3.05, 3.63) is 68.3 Å². The van der Waals surface area contributed by atoms with E-state index in [1.165, 1.54) is 12.1 Å². The number of rotatable bonds is 3. The Morgan fingerprint density at radius 3 is 2.26 bits per heavy atom. The number of hydrogen-bond acceptors (Lipinski definition) is 1. The average molecular weight is 373 g/mol. The molecule has 0 amide bonds. The Morgan fingerprint density at radius 1 is 1.05 bits per heavy atom. The molecule has 0 fully saturated rings. The monoisotopic (exact) mass is 373 g/mol. The van der Waals surface area contributed by atoms with Crippen LogP contribution < -0.4 is 5.32 Å². The molecule has 1 N–H and O–H groups in total. The quantitative estimate of drug-likeness (QED) is 0.796. The molecule has 0 heterocycles. The molecule has 2 aromatic carbocycles. The predicted octanol–water partition coefficient (Wildman–Crippen LogP) is 4.19. The van der Waals surface area contributed by atoms with Gasteiger partial charge in [0, 0.05) is 9.13 Å². The molecule has 0 saturated carbocycles. The standard InChI is InChI=1S/C15H14F2IN/c1-9-3-8-12(16)13(14(9)17)15(19-2)10-4-6-11(18)7-5-10/h3-8,15,19H,1-2H3. The summed E-state index contributed by atoms with van der Waals surface area (Å²) in [5, 5.41) is 2.98. The third-order valence-electron chi connectivity index (χ3n) is 3.10. The molecule has 0 bridgehead atoms. The predicted molar refractivity (Wildman–Crippen MR) is 81.2 cm³/mol. The molecule has 1 nitrogen and oxygen atoms in total. The van der Waals surface area contributed by atoms with Crippen LogP contribution in [-0.4, -0.2) is 7.05 Å². The molecule has 100 valence electrons. The first kappa shape index (κ1) is 14.4. The second kappa shape index (κ2) is 5.96. The van der Waals surface area contributed by atoms with Crippen molar-refractivity contribution in [2.24, 2.45) is 0 Å². The highest BCUT2D eigenvalue weighted by Crippen LogP contribution is 2.28. The van der Waals surface area contributed by atoms with E-state index in [1.807, 2.05) is 24.3 Å². The van der Waals surface area contributed by atoms with E-state index in [9.17, 15) is 8.78 Å². The molecule has 0 aliphatic carbocycles. The lowest BCUT2D eigenvalue weighted by Crippen LogP contribution is -2.21. The van der Waals surface area contributed by atoms with Crippen molar-refractivity contribution in [2.75, 3.05) is 7.05 Å². The lowest BCUT2D eigenvalue weighted by Gasteiger charge is -2.19. The summed E-state index contributed by atoms with van der Waals surface area (Å²) in [7, 11) is 1.70. The van der Waals surface area contributed by atoms with Crippen molar-refractivity contribution >= 4 is 22.6 Å². The van der Waals surface area contributed by atoms with E-state index in [0.717, 1.165) is 9.13 Å². The van der Waals surface area contributed by atoms with Crippen LogP contribution in [0.2, 0.25) is 0 Å². The molecule has 19 heavy (non-hydrogen) atoms. The third kappa shape index (κ3) is 2.95. The first-order valence-electron chi connectivity index (χ1n) is 5.92. The van der Waals surface area contributed by atoms with Crippen molar-refractivity contribution in [3.63, 3.8) is 0 Å². The summed E-state index contributed by atoms with van der Waals surface area (Å²) in [6.07, 6.45) is 0. The zero-order valence-electron chi connectivity index (χ0n) is 10.7. The Kier molecular flexibility index (Phi) is 4.52. The molecule has 0 aliphatic heterocycles. The SMILES string of the molecule is CNC(c1ccc(I)cc1)c1c(F)ccc(C)c1F. The van der Waals surface area contributed by atoms with E-state index in [4.69, 9.17) is 0 Å². The second-order valence-corrected chi connectivity index (χ2v) is 5.61. The molecule has 1 unspecified atom stereocenters. The fourth-order valence-corrected chi connectivity index (χ4v) is 2.44. The number of benzene rings is 2. The van der Waals surface area contributed by atoms with Crippen LogP contribution in [0.5, 0.6) is 0 Å². The summed E-state index contributed by atoms with van der Waals surface area (Å²) in [6.45, 7) is 1.64. The minimum absolute atomic E-state index is 0.0729. The van der Waals surface area contributed by atoms with Gasteiger partial charge < -0.3 is 5.32 Å². The number of nitrogens with one attached hydrogen (secondary N) is 1. The van der Waals surface area contributed by atoms with Gasteiger partial charge in [0.15, 0.2) is 0 Å². The van der Waals surface area contributed by atoms with Crippen LogP contribution >= 0.6 is 22.6 Å². The molecule has 4 heteroatoms. The third-order valence-corrected chi connectivity index (χ3v) is 3.82. The first-order chi connectivity index (χ1) is 9.04. The van der Waals surface area contributed by atoms with Crippen molar-refractivity contribution in [3.8, 4) is 0 Å². The maximum Gasteiger partial charge on any atom is 0.134 e. The van der Waals surface area contributed by atoms with Crippen LogP contribution in [0.15, 0.2) is 36.4 Å². The van der Waals surface area contributed by atoms with Gasteiger partial charge >= 0.3 is 0 Å². The van der Waals surface area contributed by atoms with Crippen molar-refractivity contribution in [2.45, 2.75) is 13.0 Å². The lowest BCUT2D eigenvalue weighted by molar-refractivity contribution is 0.517. The average Bonchev–Trinajstić information content (AvgIpc) is 2.40. The van der Waals surface area contributed by atoms with Gasteiger partial charge in [-0.2, -0.15) is 0 Å². The summed E-state index contributed by atoms with van der Waals surface area (Å²) < 4.78 is 29.2. The Bertz CT molecular complexity index is 581. The van der Waals surface area contributed by atoms with Crippen molar-refractivity contribution in [1.82, 2.24) is 5.32 Å². The van der Waals surface area contributed by atoms with E-state index in [0.29, 0.717) is 5.56 Å². The number of aryl methyl sites for hydroxylation is 1. The van der Waals surface area contributed by atoms with Gasteiger partial charge in [0.25, 0.3) is 0 Å². The van der Waals surface area contributed by atoms with Gasteiger partial charge in [-0.1, -0.05) is 18.2 Å². The topological polar surface area (TPSA) is 12.0 Å². The highest BCUT2D eigenvalue weighted by atomic mass is 127. The molecule has 0 spiro atoms. The highest BCUT2D eigenvalue weighted by molar-refractivity contribution is 14.1. The molecular formula is C15H14F2IN. The Morgan fingerprint density at radius 2 is 1.68 bits per heavy atom. The summed E-state index contributed by atoms with van der Waals surface area (Å²) in [5.41, 5.74) is 1.36. The fraction of sp³-hybridized carbons (Fsp3) is 0.200. The van der Waals surface area contributed by atoms with E-state index >= 15 is 0 Å². The van der Waals surface area contributed by atoms with Crippen LogP contribution in [0, 0.1) is 22.1 Å². The van der Waals surface area contributed by atoms with E-state index in [2.05, 4.69) is 27.9 Å². The molecule has 2 rings (SSSR count). The van der Waals surface area contributed by atoms with Gasteiger partial charge in [-0.15, -0.1) is 0 Å². The van der Waals surface area contributed by atoms with Crippen LogP contribution in [0.1, 0.15) is 22.7 Å². The molecule has 0 radical (unpaired) electrons. The maximum absolute atomic E-state index is 14.2. The van der Waals surface area contributed by atoms with Gasteiger partial charge in [0.2, 0.25) is 0 Å². The van der Waals surface area contributed by atoms with E-state index < -0.39 is 17.7 Å². The number of halogens is 3. The second-order valence-electron chi connectivity index (χ2n) is 4.37.